The van der Waals surface area contributed by atoms with Crippen molar-refractivity contribution in [3.63, 3.8) is 0 Å². The molecule has 6 nitrogen and oxygen atoms in total. The van der Waals surface area contributed by atoms with Gasteiger partial charge in [0, 0.05) is 23.2 Å². The molecule has 4 rings (SSSR count). The van der Waals surface area contributed by atoms with Crippen molar-refractivity contribution in [1.29, 1.82) is 0 Å². The quantitative estimate of drug-likeness (QED) is 0.576. The molecule has 0 aliphatic rings. The van der Waals surface area contributed by atoms with Crippen LogP contribution in [0.15, 0.2) is 53.1 Å². The molecule has 4 aromatic rings. The Morgan fingerprint density at radius 1 is 1.19 bits per heavy atom. The SMILES string of the molecule is CC(C)n1nnnc1-c1ccc(NCc2coc3ccccc23)cc1F. The fourth-order valence-electron chi connectivity index (χ4n) is 2.89. The zero-order chi connectivity index (χ0) is 18.1. The van der Waals surface area contributed by atoms with Gasteiger partial charge in [-0.15, -0.1) is 5.10 Å². The number of tetrazole rings is 1. The highest BCUT2D eigenvalue weighted by Gasteiger charge is 2.16. The van der Waals surface area contributed by atoms with E-state index in [1.54, 1.807) is 17.0 Å². The first-order valence-corrected chi connectivity index (χ1v) is 8.40. The van der Waals surface area contributed by atoms with Crippen molar-refractivity contribution in [1.82, 2.24) is 20.2 Å². The second kappa shape index (κ2) is 6.59. The third-order valence-electron chi connectivity index (χ3n) is 4.24. The Morgan fingerprint density at radius 3 is 2.85 bits per heavy atom. The van der Waals surface area contributed by atoms with Gasteiger partial charge in [0.1, 0.15) is 11.4 Å². The van der Waals surface area contributed by atoms with Crippen molar-refractivity contribution >= 4 is 16.7 Å². The van der Waals surface area contributed by atoms with Crippen LogP contribution in [0.2, 0.25) is 0 Å². The van der Waals surface area contributed by atoms with E-state index >= 15 is 0 Å². The van der Waals surface area contributed by atoms with E-state index in [-0.39, 0.29) is 11.9 Å². The summed E-state index contributed by atoms with van der Waals surface area (Å²) in [6.45, 7) is 4.44. The number of para-hydroxylation sites is 1. The largest absolute Gasteiger partial charge is 0.464 e. The molecule has 7 heteroatoms. The lowest BCUT2D eigenvalue weighted by Gasteiger charge is -2.10. The van der Waals surface area contributed by atoms with Gasteiger partial charge in [0.05, 0.1) is 17.9 Å². The smallest absolute Gasteiger partial charge is 0.185 e. The van der Waals surface area contributed by atoms with Gasteiger partial charge in [-0.05, 0) is 48.5 Å². The molecule has 2 aromatic carbocycles. The Balaban J connectivity index is 1.55. The molecule has 0 radical (unpaired) electrons. The van der Waals surface area contributed by atoms with Crippen LogP contribution in [0.4, 0.5) is 10.1 Å². The molecule has 0 unspecified atom stereocenters. The van der Waals surface area contributed by atoms with E-state index in [9.17, 15) is 4.39 Å². The van der Waals surface area contributed by atoms with Gasteiger partial charge in [-0.1, -0.05) is 18.2 Å². The Morgan fingerprint density at radius 2 is 2.04 bits per heavy atom. The number of aromatic nitrogens is 4. The zero-order valence-electron chi connectivity index (χ0n) is 14.5. The molecular formula is C19H18FN5O. The Bertz CT molecular complexity index is 1050. The predicted molar refractivity (Wildman–Crippen MR) is 97.1 cm³/mol. The summed E-state index contributed by atoms with van der Waals surface area (Å²) in [7, 11) is 0. The molecule has 0 amide bonds. The van der Waals surface area contributed by atoms with Crippen LogP contribution in [0.1, 0.15) is 25.5 Å². The molecule has 2 aromatic heterocycles. The molecule has 2 heterocycles. The minimum atomic E-state index is -0.372. The highest BCUT2D eigenvalue weighted by molar-refractivity contribution is 5.81. The Hall–Kier alpha value is -3.22. The number of nitrogens with zero attached hydrogens (tertiary/aromatic N) is 4. The maximum absolute atomic E-state index is 14.6. The van der Waals surface area contributed by atoms with Gasteiger partial charge < -0.3 is 9.73 Å². The van der Waals surface area contributed by atoms with E-state index in [0.29, 0.717) is 23.6 Å². The lowest BCUT2D eigenvalue weighted by molar-refractivity contribution is 0.517. The van der Waals surface area contributed by atoms with Gasteiger partial charge in [0.2, 0.25) is 0 Å². The standard InChI is InChI=1S/C19H18FN5O/c1-12(2)25-19(22-23-24-25)16-8-7-14(9-17(16)20)21-10-13-11-26-18-6-4-3-5-15(13)18/h3-9,11-12,21H,10H2,1-2H3. The van der Waals surface area contributed by atoms with Crippen molar-refractivity contribution in [3.8, 4) is 11.4 Å². The number of halogens is 1. The van der Waals surface area contributed by atoms with Crippen molar-refractivity contribution in [2.24, 2.45) is 0 Å². The minimum Gasteiger partial charge on any atom is -0.464 e. The summed E-state index contributed by atoms with van der Waals surface area (Å²) in [5.41, 5.74) is 2.92. The fourth-order valence-corrected chi connectivity index (χ4v) is 2.89. The van der Waals surface area contributed by atoms with Gasteiger partial charge in [0.15, 0.2) is 5.82 Å². The number of anilines is 1. The Kier molecular flexibility index (Phi) is 4.12. The molecule has 0 saturated heterocycles. The molecule has 0 aliphatic heterocycles. The van der Waals surface area contributed by atoms with Gasteiger partial charge in [0.25, 0.3) is 0 Å². The van der Waals surface area contributed by atoms with Crippen LogP contribution in [0, 0.1) is 5.82 Å². The van der Waals surface area contributed by atoms with Gasteiger partial charge in [-0.25, -0.2) is 9.07 Å². The second-order valence-electron chi connectivity index (χ2n) is 6.35. The van der Waals surface area contributed by atoms with E-state index in [0.717, 1.165) is 16.5 Å². The molecule has 0 aliphatic carbocycles. The molecule has 132 valence electrons. The second-order valence-corrected chi connectivity index (χ2v) is 6.35. The van der Waals surface area contributed by atoms with Crippen LogP contribution in [-0.4, -0.2) is 20.2 Å². The average Bonchev–Trinajstić information content (AvgIpc) is 3.27. The average molecular weight is 351 g/mol. The lowest BCUT2D eigenvalue weighted by Crippen LogP contribution is -2.06. The van der Waals surface area contributed by atoms with Crippen LogP contribution < -0.4 is 5.32 Å². The molecule has 26 heavy (non-hydrogen) atoms. The molecular weight excluding hydrogens is 333 g/mol. The highest BCUT2D eigenvalue weighted by atomic mass is 19.1. The summed E-state index contributed by atoms with van der Waals surface area (Å²) < 4.78 is 21.7. The predicted octanol–water partition coefficient (Wildman–Crippen LogP) is 4.42. The highest BCUT2D eigenvalue weighted by Crippen LogP contribution is 2.26. The molecule has 0 atom stereocenters. The van der Waals surface area contributed by atoms with Gasteiger partial charge >= 0.3 is 0 Å². The van der Waals surface area contributed by atoms with Crippen LogP contribution in [0.5, 0.6) is 0 Å². The number of fused-ring (bicyclic) bond motifs is 1. The van der Waals surface area contributed by atoms with Crippen LogP contribution >= 0.6 is 0 Å². The minimum absolute atomic E-state index is 0.0478. The van der Waals surface area contributed by atoms with Crippen molar-refractivity contribution in [2.45, 2.75) is 26.4 Å². The number of nitrogens with one attached hydrogen (secondary N) is 1. The van der Waals surface area contributed by atoms with Crippen LogP contribution in [-0.2, 0) is 6.54 Å². The molecule has 0 saturated carbocycles. The maximum Gasteiger partial charge on any atom is 0.185 e. The first-order chi connectivity index (χ1) is 12.6. The van der Waals surface area contributed by atoms with Crippen LogP contribution in [0.25, 0.3) is 22.4 Å². The summed E-state index contributed by atoms with van der Waals surface area (Å²) in [5.74, 6) is 0.0497. The van der Waals surface area contributed by atoms with Crippen molar-refractivity contribution in [2.75, 3.05) is 5.32 Å². The summed E-state index contributed by atoms with van der Waals surface area (Å²) in [4.78, 5) is 0. The third kappa shape index (κ3) is 2.92. The maximum atomic E-state index is 14.6. The molecule has 0 bridgehead atoms. The van der Waals surface area contributed by atoms with Crippen molar-refractivity contribution in [3.05, 3.63) is 60.1 Å². The first kappa shape index (κ1) is 16.3. The van der Waals surface area contributed by atoms with E-state index in [2.05, 4.69) is 20.8 Å². The number of benzene rings is 2. The number of rotatable bonds is 5. The van der Waals surface area contributed by atoms with E-state index in [1.807, 2.05) is 44.2 Å². The molecule has 0 spiro atoms. The first-order valence-electron chi connectivity index (χ1n) is 8.40. The van der Waals surface area contributed by atoms with E-state index < -0.39 is 0 Å². The number of hydrogen-bond donors (Lipinski definition) is 1. The molecule has 0 fully saturated rings. The Labute approximate surface area is 149 Å². The van der Waals surface area contributed by atoms with Gasteiger partial charge in [-0.2, -0.15) is 0 Å². The monoisotopic (exact) mass is 351 g/mol. The lowest BCUT2D eigenvalue weighted by atomic mass is 10.1. The fraction of sp³-hybridized carbons (Fsp3) is 0.211. The topological polar surface area (TPSA) is 68.8 Å². The normalized spacial score (nSPS) is 11.4. The third-order valence-corrected chi connectivity index (χ3v) is 4.24. The molecule has 1 N–H and O–H groups in total. The number of hydrogen-bond acceptors (Lipinski definition) is 5. The number of furan rings is 1. The van der Waals surface area contributed by atoms with Crippen LogP contribution in [0.3, 0.4) is 0 Å². The summed E-state index contributed by atoms with van der Waals surface area (Å²) in [6.07, 6.45) is 1.72. The van der Waals surface area contributed by atoms with Gasteiger partial charge in [-0.3, -0.25) is 0 Å². The van der Waals surface area contributed by atoms with E-state index in [4.69, 9.17) is 4.42 Å². The summed E-state index contributed by atoms with van der Waals surface area (Å²) in [6, 6.07) is 12.8. The van der Waals surface area contributed by atoms with Crippen molar-refractivity contribution < 1.29 is 8.81 Å². The zero-order valence-corrected chi connectivity index (χ0v) is 14.5. The summed E-state index contributed by atoms with van der Waals surface area (Å²) in [5, 5.41) is 15.8. The van der Waals surface area contributed by atoms with E-state index in [1.165, 1.54) is 6.07 Å². The summed E-state index contributed by atoms with van der Waals surface area (Å²) >= 11 is 0.